The molecule has 1 amide bonds. The topological polar surface area (TPSA) is 89.4 Å². The number of piperidine rings is 1. The average molecular weight is 661 g/mol. The highest BCUT2D eigenvalue weighted by Gasteiger charge is 2.35. The van der Waals surface area contributed by atoms with E-state index in [-0.39, 0.29) is 44.0 Å². The number of furan rings is 1. The van der Waals surface area contributed by atoms with Crippen LogP contribution in [0.2, 0.25) is 10.0 Å². The third-order valence-corrected chi connectivity index (χ3v) is 8.41. The van der Waals surface area contributed by atoms with E-state index >= 15 is 0 Å². The van der Waals surface area contributed by atoms with Gasteiger partial charge in [-0.25, -0.2) is 13.8 Å². The highest BCUT2D eigenvalue weighted by atomic mass is 35.5. The van der Waals surface area contributed by atoms with Gasteiger partial charge in [0.2, 0.25) is 0 Å². The Balaban J connectivity index is 1.27. The maximum Gasteiger partial charge on any atom is 0.253 e. The van der Waals surface area contributed by atoms with Gasteiger partial charge in [0, 0.05) is 71.5 Å². The molecule has 0 radical (unpaired) electrons. The molecule has 0 bridgehead atoms. The van der Waals surface area contributed by atoms with Crippen molar-refractivity contribution in [1.82, 2.24) is 9.88 Å². The highest BCUT2D eigenvalue weighted by Crippen LogP contribution is 2.38. The Kier molecular flexibility index (Phi) is 8.93. The zero-order valence-electron chi connectivity index (χ0n) is 24.6. The summed E-state index contributed by atoms with van der Waals surface area (Å²) in [4.78, 5) is 31.1. The Bertz CT molecular complexity index is 1920. The lowest BCUT2D eigenvalue weighted by Gasteiger charge is -2.31. The molecule has 2 aromatic heterocycles. The molecule has 6 rings (SSSR count). The van der Waals surface area contributed by atoms with E-state index in [0.29, 0.717) is 39.2 Å². The van der Waals surface area contributed by atoms with Gasteiger partial charge >= 0.3 is 0 Å². The molecule has 1 saturated heterocycles. The predicted molar refractivity (Wildman–Crippen MR) is 178 cm³/mol. The molecule has 5 aromatic rings. The van der Waals surface area contributed by atoms with E-state index in [1.807, 2.05) is 30.3 Å². The Morgan fingerprint density at radius 2 is 1.63 bits per heavy atom. The summed E-state index contributed by atoms with van der Waals surface area (Å²) in [6, 6.07) is 21.7. The number of rotatable bonds is 8. The Labute approximate surface area is 274 Å². The normalized spacial score (nSPS) is 14.7. The van der Waals surface area contributed by atoms with Gasteiger partial charge in [0.25, 0.3) is 11.8 Å². The molecule has 3 heterocycles. The number of aromatic nitrogens is 1. The molecule has 0 aliphatic carbocycles. The molecule has 10 heteroatoms. The summed E-state index contributed by atoms with van der Waals surface area (Å²) in [6.07, 6.45) is 4.80. The van der Waals surface area contributed by atoms with Gasteiger partial charge in [0.1, 0.15) is 17.2 Å². The molecule has 0 unspecified atom stereocenters. The second-order valence-corrected chi connectivity index (χ2v) is 12.2. The van der Waals surface area contributed by atoms with Crippen LogP contribution >= 0.6 is 23.2 Å². The molecule has 6 nitrogen and oxygen atoms in total. The number of alkyl halides is 2. The second kappa shape index (κ2) is 13.1. The van der Waals surface area contributed by atoms with Gasteiger partial charge in [-0.2, -0.15) is 0 Å². The quantitative estimate of drug-likeness (QED) is 0.168. The minimum absolute atomic E-state index is 0.0283. The van der Waals surface area contributed by atoms with Crippen molar-refractivity contribution in [2.24, 2.45) is 0 Å². The Hall–Kier alpha value is -4.53. The fourth-order valence-electron chi connectivity index (χ4n) is 5.48. The molecule has 3 aromatic carbocycles. The summed E-state index contributed by atoms with van der Waals surface area (Å²) in [6.45, 7) is 0.0567. The zero-order chi connectivity index (χ0) is 32.4. The van der Waals surface area contributed by atoms with Crippen molar-refractivity contribution in [3.8, 4) is 22.3 Å². The van der Waals surface area contributed by atoms with Crippen molar-refractivity contribution in [1.29, 1.82) is 0 Å². The van der Waals surface area contributed by atoms with Crippen molar-refractivity contribution >= 4 is 57.8 Å². The van der Waals surface area contributed by atoms with Gasteiger partial charge in [-0.1, -0.05) is 35.3 Å². The number of amides is 1. The first-order valence-corrected chi connectivity index (χ1v) is 15.5. The molecule has 234 valence electrons. The minimum Gasteiger partial charge on any atom is -0.460 e. The summed E-state index contributed by atoms with van der Waals surface area (Å²) in [5, 5.41) is 1.77. The number of aryl methyl sites for hydroxylation is 1. The fourth-order valence-corrected chi connectivity index (χ4v) is 6.01. The molecule has 1 fully saturated rings. The van der Waals surface area contributed by atoms with E-state index in [0.717, 1.165) is 33.2 Å². The summed E-state index contributed by atoms with van der Waals surface area (Å²) in [5.74, 6) is -1.99. The maximum absolute atomic E-state index is 13.6. The number of nitrogens with zero attached hydrogens (tertiary/aromatic N) is 2. The standard InChI is InChI=1S/C36H29Cl2F2N3O3/c37-28-16-26(17-29(38)20-28)32-19-25(23-3-5-24(6-4-23)35(45)43-13-11-36(39,40)12-14-43)15-27-18-31(46-34(27)32)9-8-30(44)7-1-22-2-10-33(41)42-21-22/h1-7,10,15-21H,8-9,11-14H2,(H2,41,42)/b7-1+. The van der Waals surface area contributed by atoms with Crippen LogP contribution < -0.4 is 5.73 Å². The predicted octanol–water partition coefficient (Wildman–Crippen LogP) is 9.14. The molecular weight excluding hydrogens is 631 g/mol. The second-order valence-electron chi connectivity index (χ2n) is 11.4. The molecule has 0 spiro atoms. The number of benzene rings is 3. The third kappa shape index (κ3) is 7.30. The lowest BCUT2D eigenvalue weighted by molar-refractivity contribution is -0.114. The van der Waals surface area contributed by atoms with Crippen LogP contribution in [0.3, 0.4) is 0 Å². The van der Waals surface area contributed by atoms with Crippen molar-refractivity contribution < 1.29 is 22.8 Å². The first-order chi connectivity index (χ1) is 22.0. The van der Waals surface area contributed by atoms with Crippen LogP contribution in [0.25, 0.3) is 39.3 Å². The van der Waals surface area contributed by atoms with E-state index in [4.69, 9.17) is 33.4 Å². The van der Waals surface area contributed by atoms with E-state index in [9.17, 15) is 18.4 Å². The number of allylic oxidation sites excluding steroid dienone is 1. The number of ketones is 1. The maximum atomic E-state index is 13.6. The fraction of sp³-hybridized carbons (Fsp3) is 0.194. The lowest BCUT2D eigenvalue weighted by atomic mass is 9.96. The third-order valence-electron chi connectivity index (χ3n) is 7.98. The van der Waals surface area contributed by atoms with Gasteiger partial charge in [0.15, 0.2) is 5.78 Å². The van der Waals surface area contributed by atoms with Crippen LogP contribution in [0.1, 0.15) is 40.9 Å². The smallest absolute Gasteiger partial charge is 0.253 e. The number of anilines is 1. The van der Waals surface area contributed by atoms with Crippen LogP contribution in [-0.4, -0.2) is 40.6 Å². The van der Waals surface area contributed by atoms with Crippen LogP contribution in [-0.2, 0) is 11.2 Å². The number of halogens is 4. The first kappa shape index (κ1) is 31.5. The number of nitrogen functional groups attached to an aromatic ring is 1. The summed E-state index contributed by atoms with van der Waals surface area (Å²) in [7, 11) is 0. The molecule has 1 aliphatic rings. The molecule has 2 N–H and O–H groups in total. The number of pyridine rings is 1. The van der Waals surface area contributed by atoms with Gasteiger partial charge < -0.3 is 15.1 Å². The number of carbonyl (C=O) groups is 2. The van der Waals surface area contributed by atoms with E-state index in [2.05, 4.69) is 4.98 Å². The highest BCUT2D eigenvalue weighted by molar-refractivity contribution is 6.35. The van der Waals surface area contributed by atoms with Gasteiger partial charge in [-0.3, -0.25) is 9.59 Å². The number of carbonyl (C=O) groups excluding carboxylic acids is 2. The van der Waals surface area contributed by atoms with E-state index < -0.39 is 5.92 Å². The van der Waals surface area contributed by atoms with E-state index in [1.54, 1.807) is 54.7 Å². The van der Waals surface area contributed by atoms with Crippen molar-refractivity contribution in [2.75, 3.05) is 18.8 Å². The van der Waals surface area contributed by atoms with Crippen molar-refractivity contribution in [3.63, 3.8) is 0 Å². The summed E-state index contributed by atoms with van der Waals surface area (Å²) >= 11 is 12.7. The van der Waals surface area contributed by atoms with E-state index in [1.165, 1.54) is 11.0 Å². The SMILES string of the molecule is Nc1ccc(/C=C/C(=O)CCc2cc3cc(-c4ccc(C(=O)N5CCC(F)(F)CC5)cc4)cc(-c4cc(Cl)cc(Cl)c4)c3o2)cn1. The van der Waals surface area contributed by atoms with Gasteiger partial charge in [-0.15, -0.1) is 0 Å². The van der Waals surface area contributed by atoms with Gasteiger partial charge in [0.05, 0.1) is 0 Å². The average Bonchev–Trinajstić information content (AvgIpc) is 3.45. The zero-order valence-corrected chi connectivity index (χ0v) is 26.1. The van der Waals surface area contributed by atoms with Crippen molar-refractivity contribution in [2.45, 2.75) is 31.6 Å². The first-order valence-electron chi connectivity index (χ1n) is 14.8. The summed E-state index contributed by atoms with van der Waals surface area (Å²) < 4.78 is 33.5. The Morgan fingerprint density at radius 3 is 2.30 bits per heavy atom. The number of hydrogen-bond donors (Lipinski definition) is 1. The minimum atomic E-state index is -2.72. The van der Waals surface area contributed by atoms with Crippen LogP contribution in [0, 0.1) is 0 Å². The lowest BCUT2D eigenvalue weighted by Crippen LogP contribution is -2.42. The monoisotopic (exact) mass is 659 g/mol. The van der Waals surface area contributed by atoms with Gasteiger partial charge in [-0.05, 0) is 95.1 Å². The Morgan fingerprint density at radius 1 is 0.913 bits per heavy atom. The number of likely N-dealkylation sites (tertiary alicyclic amines) is 1. The summed E-state index contributed by atoms with van der Waals surface area (Å²) in [5.41, 5.74) is 10.7. The molecule has 1 aliphatic heterocycles. The number of fused-ring (bicyclic) bond motifs is 1. The van der Waals surface area contributed by atoms with Crippen molar-refractivity contribution in [3.05, 3.63) is 112 Å². The number of nitrogens with two attached hydrogens (primary N) is 1. The molecular formula is C36H29Cl2F2N3O3. The van der Waals surface area contributed by atoms with Crippen LogP contribution in [0.4, 0.5) is 14.6 Å². The molecule has 0 atom stereocenters. The van der Waals surface area contributed by atoms with Crippen LogP contribution in [0.15, 0.2) is 89.5 Å². The van der Waals surface area contributed by atoms with Crippen LogP contribution in [0.5, 0.6) is 0 Å². The largest absolute Gasteiger partial charge is 0.460 e. The molecule has 46 heavy (non-hydrogen) atoms. The number of hydrogen-bond acceptors (Lipinski definition) is 5. The molecule has 0 saturated carbocycles.